The highest BCUT2D eigenvalue weighted by atomic mass is 32.2. The van der Waals surface area contributed by atoms with Gasteiger partial charge >= 0.3 is 0 Å². The van der Waals surface area contributed by atoms with Crippen LogP contribution in [-0.4, -0.2) is 20.6 Å². The number of carbonyl (C=O) groups is 1. The van der Waals surface area contributed by atoms with Crippen molar-refractivity contribution in [1.29, 1.82) is 0 Å². The lowest BCUT2D eigenvalue weighted by molar-refractivity contribution is 0.102. The molecule has 0 atom stereocenters. The third-order valence-electron chi connectivity index (χ3n) is 5.06. The summed E-state index contributed by atoms with van der Waals surface area (Å²) in [5, 5.41) is 2.58. The molecule has 0 aliphatic heterocycles. The van der Waals surface area contributed by atoms with Crippen LogP contribution in [0, 0.1) is 26.6 Å². The highest BCUT2D eigenvalue weighted by Gasteiger charge is 2.19. The molecule has 0 aromatic heterocycles. The number of rotatable bonds is 6. The number of nitrogens with one attached hydrogen (secondary N) is 1. The third kappa shape index (κ3) is 5.49. The predicted octanol–water partition coefficient (Wildman–Crippen LogP) is 4.97. The lowest BCUT2D eigenvalue weighted by Crippen LogP contribution is -2.29. The van der Waals surface area contributed by atoms with Crippen molar-refractivity contribution < 1.29 is 17.6 Å². The second kappa shape index (κ2) is 8.89. The summed E-state index contributed by atoms with van der Waals surface area (Å²) >= 11 is 0. The number of hydrogen-bond acceptors (Lipinski definition) is 3. The number of sulfonamides is 1. The van der Waals surface area contributed by atoms with Gasteiger partial charge in [0.15, 0.2) is 0 Å². The van der Waals surface area contributed by atoms with Gasteiger partial charge in [-0.05, 0) is 79.4 Å². The van der Waals surface area contributed by atoms with Gasteiger partial charge in [0.2, 0.25) is 10.0 Å². The Balaban J connectivity index is 1.87. The van der Waals surface area contributed by atoms with Crippen molar-refractivity contribution in [3.63, 3.8) is 0 Å². The highest BCUT2D eigenvalue weighted by molar-refractivity contribution is 7.92. The van der Waals surface area contributed by atoms with Gasteiger partial charge < -0.3 is 5.32 Å². The standard InChI is InChI=1S/C24H25FN2O3S/c1-16-8-11-22(25)23(12-16)26-24(28)20-7-5-6-19(14-20)15-27(31(4,29)30)21-10-9-17(2)18(3)13-21/h5-14H,15H2,1-4H3,(H,26,28). The third-order valence-corrected chi connectivity index (χ3v) is 6.20. The molecule has 3 rings (SSSR count). The number of aryl methyl sites for hydroxylation is 3. The Hall–Kier alpha value is -3.19. The maximum atomic E-state index is 14.0. The molecule has 3 aromatic carbocycles. The van der Waals surface area contributed by atoms with Crippen LogP contribution in [-0.2, 0) is 16.6 Å². The van der Waals surface area contributed by atoms with Gasteiger partial charge in [-0.2, -0.15) is 0 Å². The minimum absolute atomic E-state index is 0.0707. The first-order chi connectivity index (χ1) is 14.5. The summed E-state index contributed by atoms with van der Waals surface area (Å²) in [5.41, 5.74) is 4.49. The van der Waals surface area contributed by atoms with Crippen molar-refractivity contribution in [3.05, 3.63) is 94.3 Å². The lowest BCUT2D eigenvalue weighted by Gasteiger charge is -2.23. The van der Waals surface area contributed by atoms with Crippen LogP contribution in [0.2, 0.25) is 0 Å². The van der Waals surface area contributed by atoms with Crippen molar-refractivity contribution in [2.24, 2.45) is 0 Å². The van der Waals surface area contributed by atoms with E-state index in [4.69, 9.17) is 0 Å². The fourth-order valence-electron chi connectivity index (χ4n) is 3.19. The molecule has 0 spiro atoms. The molecule has 0 saturated carbocycles. The van der Waals surface area contributed by atoms with Crippen LogP contribution >= 0.6 is 0 Å². The Labute approximate surface area is 182 Å². The fourth-order valence-corrected chi connectivity index (χ4v) is 4.07. The maximum Gasteiger partial charge on any atom is 0.255 e. The predicted molar refractivity (Wildman–Crippen MR) is 122 cm³/mol. The van der Waals surface area contributed by atoms with Crippen LogP contribution in [0.3, 0.4) is 0 Å². The van der Waals surface area contributed by atoms with Gasteiger partial charge in [0.25, 0.3) is 5.91 Å². The molecule has 0 heterocycles. The minimum atomic E-state index is -3.55. The zero-order valence-corrected chi connectivity index (χ0v) is 18.8. The van der Waals surface area contributed by atoms with Crippen LogP contribution < -0.4 is 9.62 Å². The molecule has 1 N–H and O–H groups in total. The molecule has 0 bridgehead atoms. The Morgan fingerprint density at radius 3 is 2.39 bits per heavy atom. The van der Waals surface area contributed by atoms with E-state index in [-0.39, 0.29) is 12.2 Å². The smallest absolute Gasteiger partial charge is 0.255 e. The van der Waals surface area contributed by atoms with Crippen molar-refractivity contribution in [2.75, 3.05) is 15.9 Å². The molecule has 0 aliphatic rings. The summed E-state index contributed by atoms with van der Waals surface area (Å²) in [6.45, 7) is 5.77. The highest BCUT2D eigenvalue weighted by Crippen LogP contribution is 2.24. The van der Waals surface area contributed by atoms with Crippen LogP contribution in [0.15, 0.2) is 60.7 Å². The molecule has 5 nitrogen and oxygen atoms in total. The summed E-state index contributed by atoms with van der Waals surface area (Å²) in [5.74, 6) is -0.989. The van der Waals surface area contributed by atoms with Gasteiger partial charge in [-0.15, -0.1) is 0 Å². The van der Waals surface area contributed by atoms with Crippen molar-refractivity contribution in [3.8, 4) is 0 Å². The molecule has 0 fully saturated rings. The molecular formula is C24H25FN2O3S. The van der Waals surface area contributed by atoms with Gasteiger partial charge in [-0.3, -0.25) is 9.10 Å². The lowest BCUT2D eigenvalue weighted by atomic mass is 10.1. The van der Waals surface area contributed by atoms with Gasteiger partial charge in [0.05, 0.1) is 24.2 Å². The van der Waals surface area contributed by atoms with E-state index in [0.29, 0.717) is 16.8 Å². The van der Waals surface area contributed by atoms with E-state index in [2.05, 4.69) is 5.32 Å². The fraction of sp³-hybridized carbons (Fsp3) is 0.208. The van der Waals surface area contributed by atoms with Crippen LogP contribution in [0.4, 0.5) is 15.8 Å². The van der Waals surface area contributed by atoms with Crippen LogP contribution in [0.1, 0.15) is 32.6 Å². The molecule has 7 heteroatoms. The van der Waals surface area contributed by atoms with Crippen molar-refractivity contribution in [2.45, 2.75) is 27.3 Å². The largest absolute Gasteiger partial charge is 0.319 e. The topological polar surface area (TPSA) is 66.5 Å². The molecule has 3 aromatic rings. The first-order valence-electron chi connectivity index (χ1n) is 9.76. The quantitative estimate of drug-likeness (QED) is 0.589. The van der Waals surface area contributed by atoms with Crippen molar-refractivity contribution in [1.82, 2.24) is 0 Å². The second-order valence-corrected chi connectivity index (χ2v) is 9.58. The van der Waals surface area contributed by atoms with Crippen LogP contribution in [0.25, 0.3) is 0 Å². The van der Waals surface area contributed by atoms with E-state index in [1.165, 1.54) is 10.4 Å². The van der Waals surface area contributed by atoms with E-state index < -0.39 is 21.7 Å². The van der Waals surface area contributed by atoms with Crippen LogP contribution in [0.5, 0.6) is 0 Å². The molecule has 162 valence electrons. The minimum Gasteiger partial charge on any atom is -0.319 e. The zero-order chi connectivity index (χ0) is 22.8. The molecule has 0 unspecified atom stereocenters. The number of amides is 1. The first kappa shape index (κ1) is 22.5. The van der Waals surface area contributed by atoms with E-state index in [0.717, 1.165) is 22.9 Å². The average molecular weight is 441 g/mol. The zero-order valence-electron chi connectivity index (χ0n) is 17.9. The molecule has 31 heavy (non-hydrogen) atoms. The average Bonchev–Trinajstić information content (AvgIpc) is 2.70. The number of halogens is 1. The van der Waals surface area contributed by atoms with E-state index in [1.807, 2.05) is 32.9 Å². The monoisotopic (exact) mass is 440 g/mol. The molecular weight excluding hydrogens is 415 g/mol. The number of nitrogens with zero attached hydrogens (tertiary/aromatic N) is 1. The van der Waals surface area contributed by atoms with Crippen molar-refractivity contribution >= 4 is 27.3 Å². The summed E-state index contributed by atoms with van der Waals surface area (Å²) in [6.07, 6.45) is 1.15. The van der Waals surface area contributed by atoms with E-state index in [1.54, 1.807) is 42.5 Å². The van der Waals surface area contributed by atoms with E-state index >= 15 is 0 Å². The molecule has 0 radical (unpaired) electrons. The Bertz CT molecular complexity index is 1240. The van der Waals surface area contributed by atoms with Gasteiger partial charge in [-0.1, -0.05) is 24.3 Å². The maximum absolute atomic E-state index is 14.0. The number of anilines is 2. The normalized spacial score (nSPS) is 11.3. The number of hydrogen-bond donors (Lipinski definition) is 1. The van der Waals surface area contributed by atoms with Gasteiger partial charge in [0.1, 0.15) is 5.82 Å². The SMILES string of the molecule is Cc1ccc(F)c(NC(=O)c2cccc(CN(c3ccc(C)c(C)c3)S(C)(=O)=O)c2)c1. The summed E-state index contributed by atoms with van der Waals surface area (Å²) < 4.78 is 40.2. The summed E-state index contributed by atoms with van der Waals surface area (Å²) in [7, 11) is -3.55. The molecule has 0 saturated heterocycles. The Morgan fingerprint density at radius 1 is 0.968 bits per heavy atom. The summed E-state index contributed by atoms with van der Waals surface area (Å²) in [6, 6.07) is 16.6. The Kier molecular flexibility index (Phi) is 6.45. The second-order valence-electron chi connectivity index (χ2n) is 7.68. The van der Waals surface area contributed by atoms with Gasteiger partial charge in [0, 0.05) is 5.56 Å². The number of benzene rings is 3. The first-order valence-corrected chi connectivity index (χ1v) is 11.6. The Morgan fingerprint density at radius 2 is 1.71 bits per heavy atom. The summed E-state index contributed by atoms with van der Waals surface area (Å²) in [4.78, 5) is 12.7. The van der Waals surface area contributed by atoms with Gasteiger partial charge in [-0.25, -0.2) is 12.8 Å². The molecule has 1 amide bonds. The molecule has 0 aliphatic carbocycles. The van der Waals surface area contributed by atoms with E-state index in [9.17, 15) is 17.6 Å². The number of carbonyl (C=O) groups excluding carboxylic acids is 1.